The van der Waals surface area contributed by atoms with Gasteiger partial charge < -0.3 is 14.8 Å². The van der Waals surface area contributed by atoms with Gasteiger partial charge in [0, 0.05) is 22.7 Å². The van der Waals surface area contributed by atoms with Crippen molar-refractivity contribution in [3.05, 3.63) is 71.8 Å². The molecule has 5 nitrogen and oxygen atoms in total. The summed E-state index contributed by atoms with van der Waals surface area (Å²) < 4.78 is 11.3. The number of benzene rings is 3. The molecule has 0 fully saturated rings. The number of hydrogen-bond acceptors (Lipinski definition) is 5. The van der Waals surface area contributed by atoms with E-state index >= 15 is 0 Å². The Hall–Kier alpha value is -3.31. The molecule has 0 bridgehead atoms. The first kappa shape index (κ1) is 16.8. The highest BCUT2D eigenvalue weighted by atomic mass is 35.5. The van der Waals surface area contributed by atoms with Crippen molar-refractivity contribution in [3.8, 4) is 22.9 Å². The van der Waals surface area contributed by atoms with Gasteiger partial charge in [-0.25, -0.2) is 9.97 Å². The van der Waals surface area contributed by atoms with Crippen LogP contribution < -0.4 is 14.8 Å². The number of hydrogen-bond donors (Lipinski definition) is 1. The molecule has 6 heteroatoms. The lowest BCUT2D eigenvalue weighted by Crippen LogP contribution is -2.15. The Bertz CT molecular complexity index is 1180. The maximum Gasteiger partial charge on any atom is 0.163 e. The van der Waals surface area contributed by atoms with Gasteiger partial charge in [0.2, 0.25) is 0 Å². The van der Waals surface area contributed by atoms with Crippen LogP contribution in [-0.2, 0) is 0 Å². The molecule has 3 aromatic carbocycles. The highest BCUT2D eigenvalue weighted by molar-refractivity contribution is 6.33. The molecule has 5 rings (SSSR count). The number of nitrogens with zero attached hydrogens (tertiary/aromatic N) is 2. The molecule has 0 unspecified atom stereocenters. The fourth-order valence-electron chi connectivity index (χ4n) is 3.19. The minimum Gasteiger partial charge on any atom is -0.486 e. The van der Waals surface area contributed by atoms with E-state index in [1.165, 1.54) is 0 Å². The molecule has 0 saturated carbocycles. The summed E-state index contributed by atoms with van der Waals surface area (Å²) in [5, 5.41) is 4.94. The molecule has 1 aromatic heterocycles. The van der Waals surface area contributed by atoms with Crippen LogP contribution in [0.5, 0.6) is 11.5 Å². The van der Waals surface area contributed by atoms with E-state index in [1.807, 2.05) is 66.7 Å². The second-order valence-corrected chi connectivity index (χ2v) is 6.78. The van der Waals surface area contributed by atoms with E-state index in [0.29, 0.717) is 29.9 Å². The summed E-state index contributed by atoms with van der Waals surface area (Å²) in [4.78, 5) is 9.46. The van der Waals surface area contributed by atoms with E-state index in [9.17, 15) is 0 Å². The average molecular weight is 390 g/mol. The third-order valence-electron chi connectivity index (χ3n) is 4.52. The van der Waals surface area contributed by atoms with Crippen LogP contribution >= 0.6 is 11.6 Å². The number of fused-ring (bicyclic) bond motifs is 2. The highest BCUT2D eigenvalue weighted by Gasteiger charge is 2.14. The van der Waals surface area contributed by atoms with Gasteiger partial charge in [-0.05, 0) is 36.4 Å². The molecule has 0 amide bonds. The molecular formula is C22H16ClN3O2. The van der Waals surface area contributed by atoms with Gasteiger partial charge in [0.25, 0.3) is 0 Å². The van der Waals surface area contributed by atoms with Crippen molar-refractivity contribution in [2.45, 2.75) is 0 Å². The molecule has 1 aliphatic rings. The van der Waals surface area contributed by atoms with E-state index < -0.39 is 0 Å². The van der Waals surface area contributed by atoms with E-state index in [0.717, 1.165) is 33.7 Å². The summed E-state index contributed by atoms with van der Waals surface area (Å²) in [7, 11) is 0. The van der Waals surface area contributed by atoms with Crippen LogP contribution in [0.15, 0.2) is 66.7 Å². The lowest BCUT2D eigenvalue weighted by molar-refractivity contribution is 0.171. The van der Waals surface area contributed by atoms with Gasteiger partial charge in [-0.1, -0.05) is 35.9 Å². The lowest BCUT2D eigenvalue weighted by Gasteiger charge is -2.19. The first-order chi connectivity index (χ1) is 13.8. The van der Waals surface area contributed by atoms with Crippen LogP contribution in [-0.4, -0.2) is 23.2 Å². The SMILES string of the molecule is Clc1ccccc1-c1nc(Nc2ccc3c(c2)OCCO3)c2ccccc2n1. The molecule has 0 radical (unpaired) electrons. The van der Waals surface area contributed by atoms with Gasteiger partial charge in [0.15, 0.2) is 17.3 Å². The van der Waals surface area contributed by atoms with Crippen LogP contribution in [0.25, 0.3) is 22.3 Å². The number of halogens is 1. The zero-order chi connectivity index (χ0) is 18.9. The molecule has 0 saturated heterocycles. The Kier molecular flexibility index (Phi) is 4.22. The molecule has 28 heavy (non-hydrogen) atoms. The van der Waals surface area contributed by atoms with Crippen molar-refractivity contribution in [1.82, 2.24) is 9.97 Å². The first-order valence-corrected chi connectivity index (χ1v) is 9.34. The Labute approximate surface area is 166 Å². The topological polar surface area (TPSA) is 56.3 Å². The monoisotopic (exact) mass is 389 g/mol. The van der Waals surface area contributed by atoms with Gasteiger partial charge in [-0.3, -0.25) is 0 Å². The van der Waals surface area contributed by atoms with Gasteiger partial charge in [0.1, 0.15) is 19.0 Å². The zero-order valence-corrected chi connectivity index (χ0v) is 15.6. The first-order valence-electron chi connectivity index (χ1n) is 8.96. The third-order valence-corrected chi connectivity index (χ3v) is 4.85. The third kappa shape index (κ3) is 3.10. The molecule has 1 aliphatic heterocycles. The fourth-order valence-corrected chi connectivity index (χ4v) is 3.41. The maximum absolute atomic E-state index is 6.37. The molecule has 0 atom stereocenters. The Morgan fingerprint density at radius 1 is 0.821 bits per heavy atom. The average Bonchev–Trinajstić information content (AvgIpc) is 2.74. The Balaban J connectivity index is 1.61. The summed E-state index contributed by atoms with van der Waals surface area (Å²) in [6.07, 6.45) is 0. The van der Waals surface area contributed by atoms with Gasteiger partial charge in [-0.2, -0.15) is 0 Å². The second kappa shape index (κ2) is 7.02. The predicted molar refractivity (Wildman–Crippen MR) is 111 cm³/mol. The quantitative estimate of drug-likeness (QED) is 0.503. The van der Waals surface area contributed by atoms with Crippen LogP contribution in [0.2, 0.25) is 5.02 Å². The lowest BCUT2D eigenvalue weighted by atomic mass is 10.1. The number of nitrogens with one attached hydrogen (secondary N) is 1. The number of rotatable bonds is 3. The standard InChI is InChI=1S/C22H16ClN3O2/c23-17-7-3-1-5-15(17)21-25-18-8-4-2-6-16(18)22(26-21)24-14-9-10-19-20(13-14)28-12-11-27-19/h1-10,13H,11-12H2,(H,24,25,26). The van der Waals surface area contributed by atoms with Crippen molar-refractivity contribution in [2.24, 2.45) is 0 Å². The number of para-hydroxylation sites is 1. The van der Waals surface area contributed by atoms with Crippen LogP contribution in [0.4, 0.5) is 11.5 Å². The summed E-state index contributed by atoms with van der Waals surface area (Å²) in [6.45, 7) is 1.11. The van der Waals surface area contributed by atoms with Crippen molar-refractivity contribution >= 4 is 34.0 Å². The van der Waals surface area contributed by atoms with Crippen LogP contribution in [0, 0.1) is 0 Å². The molecule has 0 spiro atoms. The van der Waals surface area contributed by atoms with Gasteiger partial charge >= 0.3 is 0 Å². The maximum atomic E-state index is 6.37. The van der Waals surface area contributed by atoms with Crippen molar-refractivity contribution in [3.63, 3.8) is 0 Å². The van der Waals surface area contributed by atoms with E-state index in [2.05, 4.69) is 5.32 Å². The molecule has 138 valence electrons. The number of aromatic nitrogens is 2. The number of ether oxygens (including phenoxy) is 2. The fraction of sp³-hybridized carbons (Fsp3) is 0.0909. The summed E-state index contributed by atoms with van der Waals surface area (Å²) in [5.41, 5.74) is 2.49. The van der Waals surface area contributed by atoms with Gasteiger partial charge in [-0.15, -0.1) is 0 Å². The normalized spacial score (nSPS) is 12.8. The van der Waals surface area contributed by atoms with Crippen molar-refractivity contribution in [2.75, 3.05) is 18.5 Å². The molecule has 2 heterocycles. The summed E-state index contributed by atoms with van der Waals surface area (Å²) in [6, 6.07) is 21.2. The minimum atomic E-state index is 0.545. The largest absolute Gasteiger partial charge is 0.486 e. The molecule has 4 aromatic rings. The van der Waals surface area contributed by atoms with E-state index in [4.69, 9.17) is 31.0 Å². The zero-order valence-electron chi connectivity index (χ0n) is 14.9. The number of anilines is 2. The van der Waals surface area contributed by atoms with Crippen molar-refractivity contribution in [1.29, 1.82) is 0 Å². The molecule has 1 N–H and O–H groups in total. The predicted octanol–water partition coefficient (Wildman–Crippen LogP) is 5.47. The smallest absolute Gasteiger partial charge is 0.163 e. The van der Waals surface area contributed by atoms with Crippen LogP contribution in [0.3, 0.4) is 0 Å². The summed E-state index contributed by atoms with van der Waals surface area (Å²) >= 11 is 6.37. The van der Waals surface area contributed by atoms with Gasteiger partial charge in [0.05, 0.1) is 10.5 Å². The Morgan fingerprint density at radius 2 is 1.61 bits per heavy atom. The second-order valence-electron chi connectivity index (χ2n) is 6.38. The van der Waals surface area contributed by atoms with E-state index in [-0.39, 0.29) is 0 Å². The minimum absolute atomic E-state index is 0.545. The van der Waals surface area contributed by atoms with Crippen molar-refractivity contribution < 1.29 is 9.47 Å². The van der Waals surface area contributed by atoms with Crippen LogP contribution in [0.1, 0.15) is 0 Å². The molecule has 0 aliphatic carbocycles. The molecular weight excluding hydrogens is 374 g/mol. The summed E-state index contributed by atoms with van der Waals surface area (Å²) in [5.74, 6) is 2.75. The Morgan fingerprint density at radius 3 is 2.50 bits per heavy atom. The highest BCUT2D eigenvalue weighted by Crippen LogP contribution is 2.35. The van der Waals surface area contributed by atoms with E-state index in [1.54, 1.807) is 0 Å².